The van der Waals surface area contributed by atoms with E-state index in [9.17, 15) is 0 Å². The van der Waals surface area contributed by atoms with Crippen molar-refractivity contribution in [1.82, 2.24) is 15.0 Å². The van der Waals surface area contributed by atoms with Crippen molar-refractivity contribution in [2.75, 3.05) is 41.4 Å². The number of piperidine rings is 2. The van der Waals surface area contributed by atoms with Crippen molar-refractivity contribution in [3.63, 3.8) is 0 Å². The minimum atomic E-state index is 0.476. The largest absolute Gasteiger partial charge is 0.463 e. The van der Waals surface area contributed by atoms with Crippen LogP contribution in [-0.2, 0) is 0 Å². The predicted octanol–water partition coefficient (Wildman–Crippen LogP) is 2.89. The molecule has 4 heterocycles. The SMILES string of the molecule is C(=NNc1nc(N2CCCCC2)nc(N2CCCCC2)n1)c1ccco1. The van der Waals surface area contributed by atoms with Gasteiger partial charge in [-0.05, 0) is 50.7 Å². The van der Waals surface area contributed by atoms with Gasteiger partial charge in [-0.2, -0.15) is 20.1 Å². The van der Waals surface area contributed by atoms with E-state index in [0.29, 0.717) is 11.7 Å². The van der Waals surface area contributed by atoms with Crippen LogP contribution in [0.3, 0.4) is 0 Å². The summed E-state index contributed by atoms with van der Waals surface area (Å²) in [5.41, 5.74) is 2.94. The first-order valence-electron chi connectivity index (χ1n) is 9.47. The van der Waals surface area contributed by atoms with Crippen LogP contribution in [0.25, 0.3) is 0 Å². The van der Waals surface area contributed by atoms with Crippen molar-refractivity contribution in [3.8, 4) is 0 Å². The van der Waals surface area contributed by atoms with Gasteiger partial charge in [0, 0.05) is 26.2 Å². The summed E-state index contributed by atoms with van der Waals surface area (Å²) in [6.07, 6.45) is 10.5. The molecule has 0 amide bonds. The quantitative estimate of drug-likeness (QED) is 0.652. The number of furan rings is 1. The summed E-state index contributed by atoms with van der Waals surface area (Å²) in [5, 5.41) is 4.20. The van der Waals surface area contributed by atoms with Crippen LogP contribution >= 0.6 is 0 Å². The van der Waals surface area contributed by atoms with Gasteiger partial charge in [-0.3, -0.25) is 0 Å². The second-order valence-corrected chi connectivity index (χ2v) is 6.74. The number of rotatable bonds is 5. The monoisotopic (exact) mass is 355 g/mol. The lowest BCUT2D eigenvalue weighted by Crippen LogP contribution is -2.34. The minimum absolute atomic E-state index is 0.476. The van der Waals surface area contributed by atoms with Crippen LogP contribution in [0.15, 0.2) is 27.9 Å². The van der Waals surface area contributed by atoms with Gasteiger partial charge in [-0.15, -0.1) is 0 Å². The van der Waals surface area contributed by atoms with Gasteiger partial charge in [0.2, 0.25) is 17.8 Å². The number of nitrogens with zero attached hydrogens (tertiary/aromatic N) is 6. The molecule has 0 saturated carbocycles. The molecule has 8 heteroatoms. The van der Waals surface area contributed by atoms with E-state index in [2.05, 4.69) is 30.3 Å². The zero-order valence-electron chi connectivity index (χ0n) is 15.0. The molecule has 2 aromatic heterocycles. The van der Waals surface area contributed by atoms with Crippen LogP contribution in [0.1, 0.15) is 44.3 Å². The van der Waals surface area contributed by atoms with Crippen molar-refractivity contribution < 1.29 is 4.42 Å². The fourth-order valence-corrected chi connectivity index (χ4v) is 3.39. The zero-order chi connectivity index (χ0) is 17.6. The highest BCUT2D eigenvalue weighted by Gasteiger charge is 2.20. The molecule has 2 aromatic rings. The van der Waals surface area contributed by atoms with Crippen LogP contribution in [0.2, 0.25) is 0 Å². The summed E-state index contributed by atoms with van der Waals surface area (Å²) in [5.74, 6) is 2.65. The van der Waals surface area contributed by atoms with Gasteiger partial charge in [-0.25, -0.2) is 5.43 Å². The number of nitrogens with one attached hydrogen (secondary N) is 1. The maximum Gasteiger partial charge on any atom is 0.250 e. The molecule has 1 N–H and O–H groups in total. The molecular weight excluding hydrogens is 330 g/mol. The van der Waals surface area contributed by atoms with Gasteiger partial charge in [-0.1, -0.05) is 0 Å². The molecule has 138 valence electrons. The third-order valence-corrected chi connectivity index (χ3v) is 4.79. The Labute approximate surface area is 153 Å². The van der Waals surface area contributed by atoms with E-state index in [-0.39, 0.29) is 0 Å². The molecule has 0 aromatic carbocycles. The summed E-state index contributed by atoms with van der Waals surface area (Å²) >= 11 is 0. The lowest BCUT2D eigenvalue weighted by molar-refractivity contribution is 0.556. The third kappa shape index (κ3) is 4.12. The van der Waals surface area contributed by atoms with Crippen molar-refractivity contribution in [2.45, 2.75) is 38.5 Å². The Bertz CT molecular complexity index is 683. The van der Waals surface area contributed by atoms with E-state index in [4.69, 9.17) is 9.40 Å². The smallest absolute Gasteiger partial charge is 0.250 e. The van der Waals surface area contributed by atoms with Crippen LogP contribution in [0, 0.1) is 0 Å². The van der Waals surface area contributed by atoms with Gasteiger partial charge < -0.3 is 14.2 Å². The van der Waals surface area contributed by atoms with E-state index < -0.39 is 0 Å². The highest BCUT2D eigenvalue weighted by molar-refractivity contribution is 5.76. The van der Waals surface area contributed by atoms with Gasteiger partial charge >= 0.3 is 0 Å². The summed E-state index contributed by atoms with van der Waals surface area (Å²) in [6, 6.07) is 3.67. The first-order chi connectivity index (χ1) is 12.9. The highest BCUT2D eigenvalue weighted by Crippen LogP contribution is 2.22. The highest BCUT2D eigenvalue weighted by atomic mass is 16.3. The molecule has 0 radical (unpaired) electrons. The van der Waals surface area contributed by atoms with Crippen LogP contribution in [-0.4, -0.2) is 47.3 Å². The Morgan fingerprint density at radius 3 is 2.04 bits per heavy atom. The first-order valence-corrected chi connectivity index (χ1v) is 9.47. The fourth-order valence-electron chi connectivity index (χ4n) is 3.39. The van der Waals surface area contributed by atoms with Crippen LogP contribution in [0.4, 0.5) is 17.8 Å². The predicted molar refractivity (Wildman–Crippen MR) is 102 cm³/mol. The maximum absolute atomic E-state index is 5.25. The van der Waals surface area contributed by atoms with E-state index in [1.54, 1.807) is 12.5 Å². The topological polar surface area (TPSA) is 82.7 Å². The molecule has 26 heavy (non-hydrogen) atoms. The van der Waals surface area contributed by atoms with E-state index in [0.717, 1.165) is 38.1 Å². The summed E-state index contributed by atoms with van der Waals surface area (Å²) in [7, 11) is 0. The van der Waals surface area contributed by atoms with E-state index >= 15 is 0 Å². The van der Waals surface area contributed by atoms with E-state index in [1.165, 1.54) is 38.5 Å². The number of aromatic nitrogens is 3. The Morgan fingerprint density at radius 1 is 0.885 bits per heavy atom. The van der Waals surface area contributed by atoms with Crippen molar-refractivity contribution >= 4 is 24.1 Å². The maximum atomic E-state index is 5.25. The molecule has 0 bridgehead atoms. The molecule has 8 nitrogen and oxygen atoms in total. The molecule has 2 saturated heterocycles. The Kier molecular flexibility index (Phi) is 5.27. The average Bonchev–Trinajstić information content (AvgIpc) is 3.23. The molecular formula is C18H25N7O. The van der Waals surface area contributed by atoms with Gasteiger partial charge in [0.15, 0.2) is 0 Å². The standard InChI is InChI=1S/C18H25N7O/c1-3-9-24(10-4-1)17-20-16(23-19-14-15-8-7-13-26-15)21-18(22-17)25-11-5-2-6-12-25/h7-8,13-14H,1-6,9-12H2,(H,20,21,22,23). The summed E-state index contributed by atoms with van der Waals surface area (Å²) in [4.78, 5) is 18.4. The average molecular weight is 355 g/mol. The van der Waals surface area contributed by atoms with Crippen molar-refractivity contribution in [3.05, 3.63) is 24.2 Å². The van der Waals surface area contributed by atoms with Crippen LogP contribution < -0.4 is 15.2 Å². The molecule has 0 aliphatic carbocycles. The van der Waals surface area contributed by atoms with Crippen molar-refractivity contribution in [1.29, 1.82) is 0 Å². The molecule has 4 rings (SSSR count). The lowest BCUT2D eigenvalue weighted by atomic mass is 10.1. The second-order valence-electron chi connectivity index (χ2n) is 6.74. The van der Waals surface area contributed by atoms with Gasteiger partial charge in [0.05, 0.1) is 12.5 Å². The molecule has 0 spiro atoms. The molecule has 2 aliphatic heterocycles. The Balaban J connectivity index is 1.56. The Hall–Kier alpha value is -2.64. The number of hydrazone groups is 1. The molecule has 2 aliphatic rings. The number of hydrogen-bond donors (Lipinski definition) is 1. The number of hydrogen-bond acceptors (Lipinski definition) is 8. The van der Waals surface area contributed by atoms with E-state index in [1.807, 2.05) is 12.1 Å². The fraction of sp³-hybridized carbons (Fsp3) is 0.556. The normalized spacial score (nSPS) is 18.5. The molecule has 0 atom stereocenters. The Morgan fingerprint density at radius 2 is 1.50 bits per heavy atom. The number of anilines is 3. The minimum Gasteiger partial charge on any atom is -0.463 e. The first kappa shape index (κ1) is 16.8. The lowest BCUT2D eigenvalue weighted by Gasteiger charge is -2.30. The third-order valence-electron chi connectivity index (χ3n) is 4.79. The zero-order valence-corrected chi connectivity index (χ0v) is 15.0. The van der Waals surface area contributed by atoms with Gasteiger partial charge in [0.25, 0.3) is 0 Å². The van der Waals surface area contributed by atoms with Crippen LogP contribution in [0.5, 0.6) is 0 Å². The van der Waals surface area contributed by atoms with Crippen molar-refractivity contribution in [2.24, 2.45) is 5.10 Å². The van der Waals surface area contributed by atoms with Gasteiger partial charge in [0.1, 0.15) is 5.76 Å². The summed E-state index contributed by atoms with van der Waals surface area (Å²) < 4.78 is 5.25. The summed E-state index contributed by atoms with van der Waals surface area (Å²) in [6.45, 7) is 3.99. The second kappa shape index (κ2) is 8.16. The molecule has 0 unspecified atom stereocenters. The molecule has 2 fully saturated rings.